The Kier molecular flexibility index (Phi) is 2.55. The molecule has 1 heterocycles. The van der Waals surface area contributed by atoms with E-state index >= 15 is 0 Å². The van der Waals surface area contributed by atoms with E-state index < -0.39 is 10.3 Å². The molecule has 0 amide bonds. The summed E-state index contributed by atoms with van der Waals surface area (Å²) in [6, 6.07) is 0. The van der Waals surface area contributed by atoms with Gasteiger partial charge in [0.15, 0.2) is 0 Å². The van der Waals surface area contributed by atoms with Gasteiger partial charge in [-0.15, -0.1) is 11.3 Å². The molecule has 11 heavy (non-hydrogen) atoms. The van der Waals surface area contributed by atoms with Crippen molar-refractivity contribution in [3.63, 3.8) is 0 Å². The third-order valence-corrected chi connectivity index (χ3v) is 2.05. The van der Waals surface area contributed by atoms with E-state index in [0.29, 0.717) is 0 Å². The molecule has 0 saturated carbocycles. The van der Waals surface area contributed by atoms with Gasteiger partial charge < -0.3 is 0 Å². The average Bonchev–Trinajstić information content (AvgIpc) is 2.32. The molecular weight excluding hydrogens is 188 g/mol. The predicted octanol–water partition coefficient (Wildman–Crippen LogP) is -0.137. The molecule has 2 N–H and O–H groups in total. The molecule has 0 saturated heterocycles. The molecule has 0 bridgehead atoms. The van der Waals surface area contributed by atoms with Gasteiger partial charge in [0.05, 0.1) is 10.4 Å². The van der Waals surface area contributed by atoms with Crippen molar-refractivity contribution in [2.45, 2.75) is 6.61 Å². The molecule has 62 valence electrons. The lowest BCUT2D eigenvalue weighted by Gasteiger charge is -1.95. The van der Waals surface area contributed by atoms with Gasteiger partial charge in [-0.1, -0.05) is 0 Å². The Morgan fingerprint density at radius 2 is 2.45 bits per heavy atom. The Balaban J connectivity index is 2.48. The Morgan fingerprint density at radius 1 is 1.73 bits per heavy atom. The van der Waals surface area contributed by atoms with Crippen molar-refractivity contribution in [3.05, 3.63) is 16.6 Å². The number of thiazole rings is 1. The number of hydrogen-bond donors (Lipinski definition) is 1. The molecule has 1 aromatic heterocycles. The summed E-state index contributed by atoms with van der Waals surface area (Å²) in [5.41, 5.74) is 1.59. The first-order valence-corrected chi connectivity index (χ1v) is 4.97. The van der Waals surface area contributed by atoms with Gasteiger partial charge in [0.25, 0.3) is 0 Å². The van der Waals surface area contributed by atoms with Gasteiger partial charge >= 0.3 is 10.3 Å². The van der Waals surface area contributed by atoms with Crippen LogP contribution in [0.15, 0.2) is 11.7 Å². The highest BCUT2D eigenvalue weighted by molar-refractivity contribution is 7.84. The van der Waals surface area contributed by atoms with Crippen LogP contribution in [-0.2, 0) is 21.1 Å². The molecule has 0 fully saturated rings. The van der Waals surface area contributed by atoms with Gasteiger partial charge in [-0.05, 0) is 0 Å². The highest BCUT2D eigenvalue weighted by atomic mass is 32.2. The smallest absolute Gasteiger partial charge is 0.253 e. The van der Waals surface area contributed by atoms with Crippen LogP contribution in [0.1, 0.15) is 4.88 Å². The molecule has 0 aliphatic heterocycles. The normalized spacial score (nSPS) is 11.7. The maximum Gasteiger partial charge on any atom is 0.333 e. The van der Waals surface area contributed by atoms with E-state index in [0.717, 1.165) is 4.88 Å². The van der Waals surface area contributed by atoms with Crippen molar-refractivity contribution >= 4 is 21.6 Å². The van der Waals surface area contributed by atoms with E-state index in [-0.39, 0.29) is 6.61 Å². The summed E-state index contributed by atoms with van der Waals surface area (Å²) >= 11 is 1.31. The van der Waals surface area contributed by atoms with Gasteiger partial charge in [0, 0.05) is 6.20 Å². The van der Waals surface area contributed by atoms with E-state index in [4.69, 9.17) is 0 Å². The molecule has 5 nitrogen and oxygen atoms in total. The van der Waals surface area contributed by atoms with E-state index in [9.17, 15) is 8.42 Å². The van der Waals surface area contributed by atoms with Crippen molar-refractivity contribution < 1.29 is 12.6 Å². The number of nitrogens with two attached hydrogens (primary N) is 1. The van der Waals surface area contributed by atoms with Crippen LogP contribution in [0.4, 0.5) is 0 Å². The average molecular weight is 194 g/mol. The molecule has 1 aromatic rings. The topological polar surface area (TPSA) is 82.3 Å². The third-order valence-electron chi connectivity index (χ3n) is 0.849. The second-order valence-electron chi connectivity index (χ2n) is 1.72. The Hall–Kier alpha value is -0.500. The SMILES string of the molecule is NS(=O)(=O)OCc1cncs1. The monoisotopic (exact) mass is 194 g/mol. The molecule has 0 atom stereocenters. The maximum absolute atomic E-state index is 10.3. The van der Waals surface area contributed by atoms with Crippen LogP contribution in [0.5, 0.6) is 0 Å². The minimum Gasteiger partial charge on any atom is -0.253 e. The molecule has 0 aromatic carbocycles. The first-order valence-electron chi connectivity index (χ1n) is 2.62. The summed E-state index contributed by atoms with van der Waals surface area (Å²) in [5.74, 6) is 0. The van der Waals surface area contributed by atoms with Crippen LogP contribution >= 0.6 is 11.3 Å². The zero-order valence-corrected chi connectivity index (χ0v) is 7.06. The zero-order valence-electron chi connectivity index (χ0n) is 5.43. The fourth-order valence-corrected chi connectivity index (χ4v) is 1.33. The molecule has 0 unspecified atom stereocenters. The van der Waals surface area contributed by atoms with Gasteiger partial charge in [-0.25, -0.2) is 5.14 Å². The Bertz CT molecular complexity index is 304. The van der Waals surface area contributed by atoms with Crippen LogP contribution in [-0.4, -0.2) is 13.4 Å². The summed E-state index contributed by atoms with van der Waals surface area (Å²) in [6.07, 6.45) is 1.52. The van der Waals surface area contributed by atoms with Crippen LogP contribution < -0.4 is 5.14 Å². The largest absolute Gasteiger partial charge is 0.333 e. The second kappa shape index (κ2) is 3.26. The van der Waals surface area contributed by atoms with E-state index in [1.165, 1.54) is 17.5 Å². The summed E-state index contributed by atoms with van der Waals surface area (Å²) in [5, 5.41) is 4.59. The standard InChI is InChI=1S/C4H6N2O3S2/c5-11(7,8)9-2-4-1-6-3-10-4/h1,3H,2H2,(H2,5,7,8). The van der Waals surface area contributed by atoms with Crippen LogP contribution in [0.25, 0.3) is 0 Å². The fraction of sp³-hybridized carbons (Fsp3) is 0.250. The second-order valence-corrected chi connectivity index (χ2v) is 3.91. The van der Waals surface area contributed by atoms with E-state index in [1.54, 1.807) is 5.51 Å². The van der Waals surface area contributed by atoms with Crippen molar-refractivity contribution in [2.75, 3.05) is 0 Å². The molecular formula is C4H6N2O3S2. The van der Waals surface area contributed by atoms with Gasteiger partial charge in [0.1, 0.15) is 6.61 Å². The third kappa shape index (κ3) is 3.42. The lowest BCUT2D eigenvalue weighted by Crippen LogP contribution is -2.15. The molecule has 0 aliphatic carbocycles. The molecule has 1 rings (SSSR count). The lowest BCUT2D eigenvalue weighted by atomic mass is 10.6. The number of rotatable bonds is 3. The fourth-order valence-electron chi connectivity index (χ4n) is 0.454. The van der Waals surface area contributed by atoms with Crippen molar-refractivity contribution in [2.24, 2.45) is 5.14 Å². The molecule has 0 radical (unpaired) electrons. The van der Waals surface area contributed by atoms with Crippen LogP contribution in [0, 0.1) is 0 Å². The number of hydrogen-bond acceptors (Lipinski definition) is 5. The quantitative estimate of drug-likeness (QED) is 0.726. The van der Waals surface area contributed by atoms with Crippen molar-refractivity contribution in [3.8, 4) is 0 Å². The van der Waals surface area contributed by atoms with Gasteiger partial charge in [-0.2, -0.15) is 8.42 Å². The molecule has 0 aliphatic rings. The minimum atomic E-state index is -3.82. The first kappa shape index (κ1) is 8.60. The van der Waals surface area contributed by atoms with Gasteiger partial charge in [0.2, 0.25) is 0 Å². The zero-order chi connectivity index (χ0) is 8.32. The minimum absolute atomic E-state index is 0.0382. The molecule has 7 heteroatoms. The van der Waals surface area contributed by atoms with E-state index in [1.807, 2.05) is 0 Å². The Labute approximate surface area is 68.1 Å². The van der Waals surface area contributed by atoms with E-state index in [2.05, 4.69) is 14.3 Å². The summed E-state index contributed by atoms with van der Waals surface area (Å²) in [4.78, 5) is 4.45. The maximum atomic E-state index is 10.3. The summed E-state index contributed by atoms with van der Waals surface area (Å²) in [6.45, 7) is -0.0382. The summed E-state index contributed by atoms with van der Waals surface area (Å²) < 4.78 is 24.8. The summed E-state index contributed by atoms with van der Waals surface area (Å²) in [7, 11) is -3.82. The molecule has 0 spiro atoms. The number of nitrogens with zero attached hydrogens (tertiary/aromatic N) is 1. The van der Waals surface area contributed by atoms with Crippen molar-refractivity contribution in [1.29, 1.82) is 0 Å². The van der Waals surface area contributed by atoms with Gasteiger partial charge in [-0.3, -0.25) is 9.17 Å². The van der Waals surface area contributed by atoms with Crippen LogP contribution in [0.3, 0.4) is 0 Å². The first-order chi connectivity index (χ1) is 5.08. The highest BCUT2D eigenvalue weighted by Crippen LogP contribution is 2.07. The Morgan fingerprint density at radius 3 is 2.91 bits per heavy atom. The predicted molar refractivity (Wildman–Crippen MR) is 40.0 cm³/mol. The number of aromatic nitrogens is 1. The van der Waals surface area contributed by atoms with Crippen molar-refractivity contribution in [1.82, 2.24) is 4.98 Å². The lowest BCUT2D eigenvalue weighted by molar-refractivity contribution is 0.311. The highest BCUT2D eigenvalue weighted by Gasteiger charge is 2.02. The van der Waals surface area contributed by atoms with Crippen LogP contribution in [0.2, 0.25) is 0 Å².